The van der Waals surface area contributed by atoms with Crippen molar-refractivity contribution < 1.29 is 13.2 Å². The van der Waals surface area contributed by atoms with Crippen LogP contribution in [-0.2, 0) is 14.8 Å². The van der Waals surface area contributed by atoms with Gasteiger partial charge in [0.25, 0.3) is 5.91 Å². The first-order chi connectivity index (χ1) is 9.53. The molecular formula is C13H25N3O3S. The van der Waals surface area contributed by atoms with Gasteiger partial charge < -0.3 is 5.32 Å². The van der Waals surface area contributed by atoms with Crippen molar-refractivity contribution in [2.24, 2.45) is 0 Å². The Morgan fingerprint density at radius 1 is 1.30 bits per heavy atom. The Hall–Kier alpha value is -0.660. The number of nitrogens with zero attached hydrogens (tertiary/aromatic N) is 1. The molecule has 0 spiro atoms. The van der Waals surface area contributed by atoms with Gasteiger partial charge in [0.15, 0.2) is 0 Å². The van der Waals surface area contributed by atoms with Crippen molar-refractivity contribution in [3.63, 3.8) is 0 Å². The van der Waals surface area contributed by atoms with Gasteiger partial charge in [-0.2, -0.15) is 0 Å². The molecule has 0 saturated carbocycles. The highest BCUT2D eigenvalue weighted by Gasteiger charge is 2.36. The lowest BCUT2D eigenvalue weighted by molar-refractivity contribution is -0.124. The zero-order chi connectivity index (χ0) is 14.6. The maximum atomic E-state index is 12.2. The lowest BCUT2D eigenvalue weighted by atomic mass is 10.0. The lowest BCUT2D eigenvalue weighted by Gasteiger charge is -2.35. The molecule has 0 aromatic carbocycles. The quantitative estimate of drug-likeness (QED) is 0.751. The monoisotopic (exact) mass is 303 g/mol. The van der Waals surface area contributed by atoms with Crippen molar-refractivity contribution in [1.29, 1.82) is 0 Å². The summed E-state index contributed by atoms with van der Waals surface area (Å²) >= 11 is 0. The molecule has 6 nitrogen and oxygen atoms in total. The van der Waals surface area contributed by atoms with E-state index in [-0.39, 0.29) is 17.7 Å². The van der Waals surface area contributed by atoms with Crippen LogP contribution in [0.3, 0.4) is 0 Å². The number of nitrogens with one attached hydrogen (secondary N) is 2. The second-order valence-electron chi connectivity index (χ2n) is 5.66. The van der Waals surface area contributed by atoms with E-state index in [9.17, 15) is 13.2 Å². The molecular weight excluding hydrogens is 278 g/mol. The molecule has 0 bridgehead atoms. The van der Waals surface area contributed by atoms with E-state index in [1.807, 2.05) is 0 Å². The van der Waals surface area contributed by atoms with Gasteiger partial charge in [0.05, 0.1) is 11.8 Å². The number of hydrogen-bond acceptors (Lipinski definition) is 5. The number of piperidine rings is 1. The van der Waals surface area contributed by atoms with Crippen LogP contribution in [0, 0.1) is 0 Å². The van der Waals surface area contributed by atoms with E-state index in [0.717, 1.165) is 45.3 Å². The van der Waals surface area contributed by atoms with Gasteiger partial charge in [0.1, 0.15) is 0 Å². The predicted octanol–water partition coefficient (Wildman–Crippen LogP) is 0.0588. The summed E-state index contributed by atoms with van der Waals surface area (Å²) in [5.74, 6) is -0.326. The molecule has 2 aliphatic rings. The number of likely N-dealkylation sites (tertiary alicyclic amines) is 1. The average Bonchev–Trinajstić information content (AvgIpc) is 2.88. The molecule has 116 valence electrons. The molecule has 0 aromatic heterocycles. The molecule has 2 rings (SSSR count). The van der Waals surface area contributed by atoms with Crippen LogP contribution in [0.4, 0.5) is 0 Å². The van der Waals surface area contributed by atoms with Crippen LogP contribution >= 0.6 is 0 Å². The third-order valence-corrected chi connectivity index (χ3v) is 5.56. The van der Waals surface area contributed by atoms with Crippen LogP contribution in [-0.4, -0.2) is 56.7 Å². The second kappa shape index (κ2) is 6.87. The minimum Gasteiger partial charge on any atom is -0.317 e. The molecule has 0 aliphatic carbocycles. The smallest absolute Gasteiger partial charge is 0.250 e. The van der Waals surface area contributed by atoms with Gasteiger partial charge in [-0.3, -0.25) is 14.4 Å². The molecule has 7 heteroatoms. The van der Waals surface area contributed by atoms with Gasteiger partial charge in [-0.15, -0.1) is 0 Å². The molecule has 20 heavy (non-hydrogen) atoms. The zero-order valence-electron chi connectivity index (χ0n) is 12.1. The van der Waals surface area contributed by atoms with Crippen LogP contribution in [0.1, 0.15) is 39.0 Å². The van der Waals surface area contributed by atoms with E-state index in [1.54, 1.807) is 6.92 Å². The van der Waals surface area contributed by atoms with Crippen LogP contribution in [0.2, 0.25) is 0 Å². The first-order valence-electron chi connectivity index (χ1n) is 7.54. The summed E-state index contributed by atoms with van der Waals surface area (Å²) < 4.78 is 25.7. The predicted molar refractivity (Wildman–Crippen MR) is 77.8 cm³/mol. The van der Waals surface area contributed by atoms with E-state index in [2.05, 4.69) is 14.9 Å². The van der Waals surface area contributed by atoms with Gasteiger partial charge in [-0.25, -0.2) is 8.42 Å². The topological polar surface area (TPSA) is 78.5 Å². The van der Waals surface area contributed by atoms with Gasteiger partial charge in [-0.05, 0) is 51.7 Å². The highest BCUT2D eigenvalue weighted by atomic mass is 32.2. The maximum absolute atomic E-state index is 12.2. The highest BCUT2D eigenvalue weighted by molar-refractivity contribution is 7.90. The summed E-state index contributed by atoms with van der Waals surface area (Å²) in [6.45, 7) is 4.64. The van der Waals surface area contributed by atoms with Crippen LogP contribution in [0.15, 0.2) is 0 Å². The van der Waals surface area contributed by atoms with Crippen LogP contribution in [0.25, 0.3) is 0 Å². The Morgan fingerprint density at radius 2 is 2.00 bits per heavy atom. The molecule has 2 heterocycles. The second-order valence-corrected chi connectivity index (χ2v) is 7.50. The Kier molecular flexibility index (Phi) is 5.40. The summed E-state index contributed by atoms with van der Waals surface area (Å²) in [5.41, 5.74) is 0. The maximum Gasteiger partial charge on any atom is 0.250 e. The van der Waals surface area contributed by atoms with Crippen molar-refractivity contribution in [2.45, 2.75) is 51.1 Å². The first-order valence-corrected chi connectivity index (χ1v) is 9.19. The number of amides is 1. The molecule has 0 radical (unpaired) electrons. The van der Waals surface area contributed by atoms with Crippen molar-refractivity contribution >= 4 is 15.9 Å². The van der Waals surface area contributed by atoms with E-state index < -0.39 is 10.0 Å². The van der Waals surface area contributed by atoms with Crippen molar-refractivity contribution in [3.8, 4) is 0 Å². The van der Waals surface area contributed by atoms with E-state index in [4.69, 9.17) is 0 Å². The van der Waals surface area contributed by atoms with Crippen molar-refractivity contribution in [2.75, 3.05) is 25.4 Å². The third-order valence-electron chi connectivity index (χ3n) is 4.10. The SMILES string of the molecule is CCCS(=O)(=O)NC(=O)C1CCCN1C1CCNCC1. The molecule has 1 amide bonds. The number of carbonyl (C=O) groups excluding carboxylic acids is 1. The average molecular weight is 303 g/mol. The fraction of sp³-hybridized carbons (Fsp3) is 0.923. The summed E-state index contributed by atoms with van der Waals surface area (Å²) in [7, 11) is -3.46. The summed E-state index contributed by atoms with van der Waals surface area (Å²) in [4.78, 5) is 14.4. The zero-order valence-corrected chi connectivity index (χ0v) is 12.9. The van der Waals surface area contributed by atoms with Gasteiger partial charge >= 0.3 is 0 Å². The number of carbonyl (C=O) groups is 1. The van der Waals surface area contributed by atoms with Gasteiger partial charge in [-0.1, -0.05) is 6.92 Å². The minimum atomic E-state index is -3.46. The van der Waals surface area contributed by atoms with E-state index >= 15 is 0 Å². The first kappa shape index (κ1) is 15.7. The molecule has 0 aromatic rings. The normalized spacial score (nSPS) is 25.8. The summed E-state index contributed by atoms with van der Waals surface area (Å²) in [5, 5.41) is 3.31. The van der Waals surface area contributed by atoms with Crippen molar-refractivity contribution in [1.82, 2.24) is 14.9 Å². The molecule has 2 N–H and O–H groups in total. The lowest BCUT2D eigenvalue weighted by Crippen LogP contribution is -2.51. The molecule has 1 atom stereocenters. The number of hydrogen-bond donors (Lipinski definition) is 2. The molecule has 2 fully saturated rings. The van der Waals surface area contributed by atoms with Gasteiger partial charge in [0.2, 0.25) is 10.0 Å². The molecule has 1 unspecified atom stereocenters. The molecule has 2 aliphatic heterocycles. The number of sulfonamides is 1. The highest BCUT2D eigenvalue weighted by Crippen LogP contribution is 2.24. The third kappa shape index (κ3) is 3.93. The van der Waals surface area contributed by atoms with Crippen LogP contribution < -0.4 is 10.0 Å². The standard InChI is InChI=1S/C13H25N3O3S/c1-2-10-20(18,19)15-13(17)12-4-3-9-16(12)11-5-7-14-8-6-11/h11-12,14H,2-10H2,1H3,(H,15,17). The largest absolute Gasteiger partial charge is 0.317 e. The fourth-order valence-corrected chi connectivity index (χ4v) is 4.27. The Morgan fingerprint density at radius 3 is 2.65 bits per heavy atom. The van der Waals surface area contributed by atoms with Crippen LogP contribution in [0.5, 0.6) is 0 Å². The Balaban J connectivity index is 1.97. The summed E-state index contributed by atoms with van der Waals surface area (Å²) in [6, 6.07) is 0.133. The summed E-state index contributed by atoms with van der Waals surface area (Å²) in [6.07, 6.45) is 4.31. The van der Waals surface area contributed by atoms with E-state index in [1.165, 1.54) is 0 Å². The fourth-order valence-electron chi connectivity index (χ4n) is 3.19. The van der Waals surface area contributed by atoms with E-state index in [0.29, 0.717) is 12.5 Å². The molecule has 2 saturated heterocycles. The Bertz CT molecular complexity index is 432. The van der Waals surface area contributed by atoms with Gasteiger partial charge in [0, 0.05) is 6.04 Å². The van der Waals surface area contributed by atoms with Crippen molar-refractivity contribution in [3.05, 3.63) is 0 Å². The number of rotatable bonds is 5. The minimum absolute atomic E-state index is 0.0127. The Labute approximate surface area is 121 Å².